The molecule has 0 saturated heterocycles. The number of nitrogens with zero attached hydrogens (tertiary/aromatic N) is 1. The van der Waals surface area contributed by atoms with Gasteiger partial charge in [-0.1, -0.05) is 0 Å². The molecule has 1 aromatic heterocycles. The molecule has 0 spiro atoms. The lowest BCUT2D eigenvalue weighted by molar-refractivity contribution is 0.556. The zero-order chi connectivity index (χ0) is 14.0. The highest BCUT2D eigenvalue weighted by Crippen LogP contribution is 2.26. The second kappa shape index (κ2) is 5.53. The molecule has 2 aromatic rings. The van der Waals surface area contributed by atoms with E-state index < -0.39 is 20.7 Å². The van der Waals surface area contributed by atoms with E-state index in [4.69, 9.17) is 5.73 Å². The first-order valence-corrected chi connectivity index (χ1v) is 8.18. The molecule has 1 aromatic carbocycles. The minimum absolute atomic E-state index is 0.00933. The first-order chi connectivity index (χ1) is 8.90. The summed E-state index contributed by atoms with van der Waals surface area (Å²) in [5.41, 5.74) is 5.71. The van der Waals surface area contributed by atoms with Crippen LogP contribution in [-0.4, -0.2) is 13.4 Å². The highest BCUT2D eigenvalue weighted by Gasteiger charge is 2.20. The maximum Gasteiger partial charge on any atom is 0.243 e. The van der Waals surface area contributed by atoms with E-state index in [2.05, 4.69) is 25.6 Å². The number of nitrogen functional groups attached to an aromatic ring is 1. The van der Waals surface area contributed by atoms with Gasteiger partial charge in [-0.25, -0.2) is 22.5 Å². The molecule has 2 rings (SSSR count). The zero-order valence-corrected chi connectivity index (χ0v) is 12.6. The van der Waals surface area contributed by atoms with Crippen molar-refractivity contribution in [3.05, 3.63) is 39.0 Å². The summed E-state index contributed by atoms with van der Waals surface area (Å²) in [6, 6.07) is 2.09. The summed E-state index contributed by atoms with van der Waals surface area (Å²) in [4.78, 5) is 3.45. The second-order valence-corrected chi connectivity index (χ2v) is 7.12. The third-order valence-electron chi connectivity index (χ3n) is 2.24. The Morgan fingerprint density at radius 1 is 1.47 bits per heavy atom. The van der Waals surface area contributed by atoms with Crippen LogP contribution in [0.1, 0.15) is 5.01 Å². The minimum Gasteiger partial charge on any atom is -0.398 e. The van der Waals surface area contributed by atoms with Crippen LogP contribution in [0.2, 0.25) is 0 Å². The number of sulfonamides is 1. The van der Waals surface area contributed by atoms with E-state index in [0.717, 1.165) is 12.1 Å². The number of aromatic nitrogens is 1. The largest absolute Gasteiger partial charge is 0.398 e. The third kappa shape index (κ3) is 3.30. The van der Waals surface area contributed by atoms with E-state index >= 15 is 0 Å². The fourth-order valence-electron chi connectivity index (χ4n) is 1.33. The van der Waals surface area contributed by atoms with Crippen LogP contribution >= 0.6 is 27.3 Å². The smallest absolute Gasteiger partial charge is 0.243 e. The fraction of sp³-hybridized carbons (Fsp3) is 0.100. The van der Waals surface area contributed by atoms with Crippen LogP contribution < -0.4 is 10.5 Å². The van der Waals surface area contributed by atoms with Crippen LogP contribution in [0.25, 0.3) is 0 Å². The Labute approximate surface area is 121 Å². The number of hydrogen-bond donors (Lipinski definition) is 2. The molecule has 0 aliphatic carbocycles. The number of halogens is 2. The standard InChI is InChI=1S/C10H9BrFN3O2S2/c11-6-3-7(12)9(4-8(6)13)19(16,17)15-5-10-14-1-2-18-10/h1-4,15H,5,13H2. The van der Waals surface area contributed by atoms with Crippen molar-refractivity contribution in [1.82, 2.24) is 9.71 Å². The van der Waals surface area contributed by atoms with Crippen molar-refractivity contribution in [3.63, 3.8) is 0 Å². The topological polar surface area (TPSA) is 85.1 Å². The van der Waals surface area contributed by atoms with Crippen molar-refractivity contribution < 1.29 is 12.8 Å². The molecule has 9 heteroatoms. The number of benzene rings is 1. The third-order valence-corrected chi connectivity index (χ3v) is 5.12. The van der Waals surface area contributed by atoms with Gasteiger partial charge in [0.2, 0.25) is 10.0 Å². The van der Waals surface area contributed by atoms with E-state index in [0.29, 0.717) is 9.48 Å². The van der Waals surface area contributed by atoms with E-state index in [1.54, 1.807) is 11.6 Å². The molecular formula is C10H9BrFN3O2S2. The molecule has 0 aliphatic heterocycles. The van der Waals surface area contributed by atoms with Crippen molar-refractivity contribution in [2.45, 2.75) is 11.4 Å². The number of nitrogens with two attached hydrogens (primary N) is 1. The summed E-state index contributed by atoms with van der Waals surface area (Å²) in [6.45, 7) is 0.00933. The average molecular weight is 366 g/mol. The molecular weight excluding hydrogens is 357 g/mol. The Morgan fingerprint density at radius 3 is 2.84 bits per heavy atom. The highest BCUT2D eigenvalue weighted by atomic mass is 79.9. The highest BCUT2D eigenvalue weighted by molar-refractivity contribution is 9.10. The van der Waals surface area contributed by atoms with Crippen LogP contribution in [0.15, 0.2) is 33.1 Å². The van der Waals surface area contributed by atoms with Gasteiger partial charge in [0, 0.05) is 21.7 Å². The van der Waals surface area contributed by atoms with Crippen molar-refractivity contribution in [2.24, 2.45) is 0 Å². The fourth-order valence-corrected chi connectivity index (χ4v) is 3.37. The Balaban J connectivity index is 2.27. The summed E-state index contributed by atoms with van der Waals surface area (Å²) in [6.07, 6.45) is 1.56. The van der Waals surface area contributed by atoms with Gasteiger partial charge < -0.3 is 5.73 Å². The summed E-state index contributed by atoms with van der Waals surface area (Å²) in [5.74, 6) is -0.868. The van der Waals surface area contributed by atoms with E-state index in [9.17, 15) is 12.8 Å². The lowest BCUT2D eigenvalue weighted by Crippen LogP contribution is -2.24. The van der Waals surface area contributed by atoms with Crippen LogP contribution in [0.5, 0.6) is 0 Å². The van der Waals surface area contributed by atoms with Crippen molar-refractivity contribution in [1.29, 1.82) is 0 Å². The van der Waals surface area contributed by atoms with E-state index in [-0.39, 0.29) is 12.2 Å². The predicted octanol–water partition coefficient (Wildman–Crippen LogP) is 2.11. The summed E-state index contributed by atoms with van der Waals surface area (Å²) < 4.78 is 40.2. The SMILES string of the molecule is Nc1cc(S(=O)(=O)NCc2nccs2)c(F)cc1Br. The van der Waals surface area contributed by atoms with Gasteiger partial charge in [0.15, 0.2) is 0 Å². The van der Waals surface area contributed by atoms with Crippen molar-refractivity contribution in [2.75, 3.05) is 5.73 Å². The summed E-state index contributed by atoms with van der Waals surface area (Å²) in [7, 11) is -3.97. The first kappa shape index (κ1) is 14.4. The molecule has 5 nitrogen and oxygen atoms in total. The Kier molecular flexibility index (Phi) is 4.19. The Hall–Kier alpha value is -1.03. The molecule has 0 saturated carbocycles. The van der Waals surface area contributed by atoms with Crippen LogP contribution in [0.4, 0.5) is 10.1 Å². The van der Waals surface area contributed by atoms with Crippen LogP contribution in [0.3, 0.4) is 0 Å². The van der Waals surface area contributed by atoms with Gasteiger partial charge in [-0.05, 0) is 28.1 Å². The monoisotopic (exact) mass is 365 g/mol. The maximum absolute atomic E-state index is 13.7. The van der Waals surface area contributed by atoms with Gasteiger partial charge in [-0.15, -0.1) is 11.3 Å². The lowest BCUT2D eigenvalue weighted by Gasteiger charge is -2.08. The summed E-state index contributed by atoms with van der Waals surface area (Å²) >= 11 is 4.33. The maximum atomic E-state index is 13.7. The molecule has 0 radical (unpaired) electrons. The Morgan fingerprint density at radius 2 is 2.21 bits per heavy atom. The van der Waals surface area contributed by atoms with Gasteiger partial charge in [0.25, 0.3) is 0 Å². The van der Waals surface area contributed by atoms with Crippen molar-refractivity contribution >= 4 is 43.0 Å². The number of rotatable bonds is 4. The van der Waals surface area contributed by atoms with Gasteiger partial charge in [-0.3, -0.25) is 0 Å². The predicted molar refractivity (Wildman–Crippen MR) is 74.7 cm³/mol. The first-order valence-electron chi connectivity index (χ1n) is 5.02. The molecule has 0 aliphatic rings. The van der Waals surface area contributed by atoms with Crippen LogP contribution in [0, 0.1) is 5.82 Å². The van der Waals surface area contributed by atoms with Gasteiger partial charge >= 0.3 is 0 Å². The molecule has 0 unspecified atom stereocenters. The molecule has 3 N–H and O–H groups in total. The van der Waals surface area contributed by atoms with Gasteiger partial charge in [0.1, 0.15) is 15.7 Å². The van der Waals surface area contributed by atoms with Gasteiger partial charge in [-0.2, -0.15) is 0 Å². The minimum atomic E-state index is -3.97. The number of hydrogen-bond acceptors (Lipinski definition) is 5. The zero-order valence-electron chi connectivity index (χ0n) is 9.43. The molecule has 0 bridgehead atoms. The number of nitrogens with one attached hydrogen (secondary N) is 1. The molecule has 0 amide bonds. The normalized spacial score (nSPS) is 11.7. The summed E-state index contributed by atoms with van der Waals surface area (Å²) in [5, 5.41) is 2.32. The lowest BCUT2D eigenvalue weighted by atomic mass is 10.3. The number of thiazole rings is 1. The van der Waals surface area contributed by atoms with E-state index in [1.165, 1.54) is 11.3 Å². The molecule has 0 fully saturated rings. The molecule has 102 valence electrons. The second-order valence-electron chi connectivity index (χ2n) is 3.55. The molecule has 19 heavy (non-hydrogen) atoms. The molecule has 0 atom stereocenters. The average Bonchev–Trinajstić information content (AvgIpc) is 2.84. The van der Waals surface area contributed by atoms with Crippen LogP contribution in [-0.2, 0) is 16.6 Å². The number of anilines is 1. The van der Waals surface area contributed by atoms with Crippen molar-refractivity contribution in [3.8, 4) is 0 Å². The Bertz CT molecular complexity index is 689. The molecule has 1 heterocycles. The van der Waals surface area contributed by atoms with Gasteiger partial charge in [0.05, 0.1) is 6.54 Å². The van der Waals surface area contributed by atoms with E-state index in [1.807, 2.05) is 0 Å². The quantitative estimate of drug-likeness (QED) is 0.812.